The van der Waals surface area contributed by atoms with Crippen LogP contribution in [0.3, 0.4) is 0 Å². The third-order valence-corrected chi connectivity index (χ3v) is 5.07. The van der Waals surface area contributed by atoms with Gasteiger partial charge in [-0.1, -0.05) is 17.3 Å². The molecule has 0 spiro atoms. The van der Waals surface area contributed by atoms with E-state index < -0.39 is 0 Å². The summed E-state index contributed by atoms with van der Waals surface area (Å²) in [5, 5.41) is 7.06. The fraction of sp³-hybridized carbons (Fsp3) is 0.526. The van der Waals surface area contributed by atoms with Crippen LogP contribution >= 0.6 is 0 Å². The summed E-state index contributed by atoms with van der Waals surface area (Å²) >= 11 is 0. The first-order valence-electron chi connectivity index (χ1n) is 9.38. The van der Waals surface area contributed by atoms with E-state index in [2.05, 4.69) is 15.5 Å². The van der Waals surface area contributed by atoms with Crippen LogP contribution in [-0.2, 0) is 4.74 Å². The molecular formula is C19H24N4O4. The zero-order valence-electron chi connectivity index (χ0n) is 15.4. The molecule has 2 atom stereocenters. The highest BCUT2D eigenvalue weighted by Crippen LogP contribution is 2.32. The molecule has 1 N–H and O–H groups in total. The minimum Gasteiger partial charge on any atom is -0.497 e. The van der Waals surface area contributed by atoms with Crippen LogP contribution in [0.5, 0.6) is 5.75 Å². The van der Waals surface area contributed by atoms with E-state index in [-0.39, 0.29) is 18.2 Å². The zero-order chi connectivity index (χ0) is 18.6. The monoisotopic (exact) mass is 372 g/mol. The average Bonchev–Trinajstić information content (AvgIpc) is 3.47. The molecule has 2 amide bonds. The second-order valence-corrected chi connectivity index (χ2v) is 6.86. The smallest absolute Gasteiger partial charge is 0.318 e. The summed E-state index contributed by atoms with van der Waals surface area (Å²) in [5.41, 5.74) is 0.816. The van der Waals surface area contributed by atoms with Gasteiger partial charge in [-0.25, -0.2) is 4.79 Å². The molecule has 1 aromatic carbocycles. The largest absolute Gasteiger partial charge is 0.497 e. The van der Waals surface area contributed by atoms with Gasteiger partial charge in [0.05, 0.1) is 13.2 Å². The number of likely N-dealkylation sites (tertiary alicyclic amines) is 1. The van der Waals surface area contributed by atoms with Crippen molar-refractivity contribution >= 4 is 6.03 Å². The van der Waals surface area contributed by atoms with Crippen LogP contribution < -0.4 is 10.1 Å². The van der Waals surface area contributed by atoms with Crippen molar-refractivity contribution in [3.63, 3.8) is 0 Å². The van der Waals surface area contributed by atoms with E-state index in [4.69, 9.17) is 14.0 Å². The first kappa shape index (κ1) is 17.8. The quantitative estimate of drug-likeness (QED) is 0.868. The first-order chi connectivity index (χ1) is 13.2. The van der Waals surface area contributed by atoms with Crippen molar-refractivity contribution in [3.8, 4) is 17.1 Å². The number of urea groups is 1. The lowest BCUT2D eigenvalue weighted by molar-refractivity contribution is 0.108. The Bertz CT molecular complexity index is 788. The Labute approximate surface area is 157 Å². The number of carbonyl (C=O) groups is 1. The van der Waals surface area contributed by atoms with Crippen molar-refractivity contribution in [2.24, 2.45) is 0 Å². The van der Waals surface area contributed by atoms with E-state index in [1.807, 2.05) is 24.3 Å². The van der Waals surface area contributed by atoms with Crippen molar-refractivity contribution in [1.29, 1.82) is 0 Å². The molecule has 2 aliphatic rings. The SMILES string of the molecule is COc1cccc(-c2noc([C@@H]3CCCN3C(=O)NC[C@@H]3CCCO3)n2)c1. The summed E-state index contributed by atoms with van der Waals surface area (Å²) in [6, 6.07) is 7.20. The molecule has 3 heterocycles. The van der Waals surface area contributed by atoms with Gasteiger partial charge >= 0.3 is 6.03 Å². The van der Waals surface area contributed by atoms with Crippen molar-refractivity contribution < 1.29 is 18.8 Å². The molecule has 4 rings (SSSR count). The molecule has 0 radical (unpaired) electrons. The lowest BCUT2D eigenvalue weighted by atomic mass is 10.2. The number of ether oxygens (including phenoxy) is 2. The summed E-state index contributed by atoms with van der Waals surface area (Å²) in [6.07, 6.45) is 3.90. The zero-order valence-corrected chi connectivity index (χ0v) is 15.4. The van der Waals surface area contributed by atoms with Gasteiger partial charge in [0.15, 0.2) is 0 Å². The number of carbonyl (C=O) groups excluding carboxylic acids is 1. The van der Waals surface area contributed by atoms with E-state index in [9.17, 15) is 4.79 Å². The summed E-state index contributed by atoms with van der Waals surface area (Å²) in [7, 11) is 1.62. The maximum absolute atomic E-state index is 12.6. The molecule has 1 aromatic heterocycles. The Morgan fingerprint density at radius 2 is 2.30 bits per heavy atom. The van der Waals surface area contributed by atoms with Crippen LogP contribution in [0.1, 0.15) is 37.6 Å². The van der Waals surface area contributed by atoms with Crippen LogP contribution in [0.4, 0.5) is 4.79 Å². The number of hydrogen-bond donors (Lipinski definition) is 1. The lowest BCUT2D eigenvalue weighted by Crippen LogP contribution is -2.42. The Hall–Kier alpha value is -2.61. The lowest BCUT2D eigenvalue weighted by Gasteiger charge is -2.23. The van der Waals surface area contributed by atoms with Crippen LogP contribution in [0.25, 0.3) is 11.4 Å². The maximum atomic E-state index is 12.6. The van der Waals surface area contributed by atoms with Crippen molar-refractivity contribution in [2.75, 3.05) is 26.8 Å². The van der Waals surface area contributed by atoms with Gasteiger partial charge in [0.2, 0.25) is 11.7 Å². The fourth-order valence-electron chi connectivity index (χ4n) is 3.62. The number of rotatable bonds is 5. The Morgan fingerprint density at radius 1 is 1.37 bits per heavy atom. The van der Waals surface area contributed by atoms with Crippen molar-refractivity contribution in [2.45, 2.75) is 37.8 Å². The molecule has 2 aliphatic heterocycles. The summed E-state index contributed by atoms with van der Waals surface area (Å²) < 4.78 is 16.3. The van der Waals surface area contributed by atoms with Crippen LogP contribution in [0.2, 0.25) is 0 Å². The molecule has 0 saturated carbocycles. The summed E-state index contributed by atoms with van der Waals surface area (Å²) in [4.78, 5) is 18.9. The predicted octanol–water partition coefficient (Wildman–Crippen LogP) is 2.77. The first-order valence-corrected chi connectivity index (χ1v) is 9.38. The fourth-order valence-corrected chi connectivity index (χ4v) is 3.62. The average molecular weight is 372 g/mol. The van der Waals surface area contributed by atoms with Crippen LogP contribution in [-0.4, -0.2) is 54.0 Å². The van der Waals surface area contributed by atoms with E-state index in [1.54, 1.807) is 12.0 Å². The van der Waals surface area contributed by atoms with Gasteiger partial charge in [-0.3, -0.25) is 0 Å². The molecular weight excluding hydrogens is 348 g/mol. The van der Waals surface area contributed by atoms with Gasteiger partial charge in [0, 0.05) is 25.3 Å². The minimum atomic E-state index is -0.193. The normalized spacial score (nSPS) is 22.2. The Kier molecular flexibility index (Phi) is 5.24. The van der Waals surface area contributed by atoms with Gasteiger partial charge in [0.1, 0.15) is 11.8 Å². The second-order valence-electron chi connectivity index (χ2n) is 6.86. The predicted molar refractivity (Wildman–Crippen MR) is 97.3 cm³/mol. The van der Waals surface area contributed by atoms with E-state index >= 15 is 0 Å². The molecule has 27 heavy (non-hydrogen) atoms. The number of amides is 2. The topological polar surface area (TPSA) is 89.7 Å². The number of benzene rings is 1. The summed E-state index contributed by atoms with van der Waals surface area (Å²) in [5.74, 6) is 1.70. The minimum absolute atomic E-state index is 0.103. The van der Waals surface area contributed by atoms with E-state index in [0.29, 0.717) is 24.8 Å². The van der Waals surface area contributed by atoms with Gasteiger partial charge in [-0.15, -0.1) is 0 Å². The number of aromatic nitrogens is 2. The summed E-state index contributed by atoms with van der Waals surface area (Å²) in [6.45, 7) is 2.00. The molecule has 8 heteroatoms. The van der Waals surface area contributed by atoms with Gasteiger partial charge in [-0.05, 0) is 37.8 Å². The van der Waals surface area contributed by atoms with E-state index in [1.165, 1.54) is 0 Å². The molecule has 0 unspecified atom stereocenters. The molecule has 0 aliphatic carbocycles. The van der Waals surface area contributed by atoms with Crippen molar-refractivity contribution in [3.05, 3.63) is 30.2 Å². The molecule has 2 fully saturated rings. The van der Waals surface area contributed by atoms with Crippen LogP contribution in [0.15, 0.2) is 28.8 Å². The van der Waals surface area contributed by atoms with E-state index in [0.717, 1.165) is 43.6 Å². The standard InChI is InChI=1S/C19H24N4O4/c1-25-14-6-2-5-13(11-14)17-21-18(27-22-17)16-8-3-9-23(16)19(24)20-12-15-7-4-10-26-15/h2,5-6,11,15-16H,3-4,7-10,12H2,1H3,(H,20,24)/t15-,16-/m0/s1. The highest BCUT2D eigenvalue weighted by Gasteiger charge is 2.34. The highest BCUT2D eigenvalue weighted by molar-refractivity contribution is 5.75. The number of nitrogens with one attached hydrogen (secondary N) is 1. The third-order valence-electron chi connectivity index (χ3n) is 5.07. The second kappa shape index (κ2) is 7.96. The maximum Gasteiger partial charge on any atom is 0.318 e. The Balaban J connectivity index is 1.44. The third kappa shape index (κ3) is 3.90. The highest BCUT2D eigenvalue weighted by atomic mass is 16.5. The molecule has 0 bridgehead atoms. The van der Waals surface area contributed by atoms with Crippen LogP contribution in [0, 0.1) is 0 Å². The number of hydrogen-bond acceptors (Lipinski definition) is 6. The van der Waals surface area contributed by atoms with Gasteiger partial charge < -0.3 is 24.2 Å². The number of methoxy groups -OCH3 is 1. The molecule has 2 aromatic rings. The van der Waals surface area contributed by atoms with Gasteiger partial charge in [0.25, 0.3) is 0 Å². The van der Waals surface area contributed by atoms with Crippen molar-refractivity contribution in [1.82, 2.24) is 20.4 Å². The molecule has 8 nitrogen and oxygen atoms in total. The molecule has 2 saturated heterocycles. The Morgan fingerprint density at radius 3 is 3.11 bits per heavy atom. The number of nitrogens with zero attached hydrogens (tertiary/aromatic N) is 3. The molecule has 144 valence electrons. The van der Waals surface area contributed by atoms with Gasteiger partial charge in [-0.2, -0.15) is 4.98 Å².